The number of nitrogens with zero attached hydrogens (tertiary/aromatic N) is 1. The van der Waals surface area contributed by atoms with Crippen LogP contribution in [-0.4, -0.2) is 25.1 Å². The van der Waals surface area contributed by atoms with Crippen molar-refractivity contribution in [3.8, 4) is 0 Å². The fourth-order valence-electron chi connectivity index (χ4n) is 1.12. The molecule has 9 heteroatoms. The normalized spacial score (nSPS) is 15.7. The topological polar surface area (TPSA) is 29.5 Å². The molecule has 1 amide bonds. The van der Waals surface area contributed by atoms with E-state index >= 15 is 0 Å². The summed E-state index contributed by atoms with van der Waals surface area (Å²) >= 11 is 0. The van der Waals surface area contributed by atoms with Crippen LogP contribution in [0.2, 0.25) is 0 Å². The molecule has 0 spiro atoms. The Morgan fingerprint density at radius 2 is 1.56 bits per heavy atom. The minimum absolute atomic E-state index is 0.179. The number of hydrogen-bond donors (Lipinski definition) is 0. The van der Waals surface area contributed by atoms with Crippen LogP contribution >= 0.6 is 10.2 Å². The summed E-state index contributed by atoms with van der Waals surface area (Å²) in [5.74, 6) is -0.744. The second-order valence-electron chi connectivity index (χ2n) is 3.48. The van der Waals surface area contributed by atoms with Crippen molar-refractivity contribution in [2.45, 2.75) is 4.90 Å². The van der Waals surface area contributed by atoms with Crippen molar-refractivity contribution in [1.29, 1.82) is 0 Å². The van der Waals surface area contributed by atoms with Crippen LogP contribution in [0.25, 0.3) is 0 Å². The van der Waals surface area contributed by atoms with Crippen LogP contribution in [-0.2, 0) is 4.84 Å². The molecule has 0 aromatic heterocycles. The fourth-order valence-corrected chi connectivity index (χ4v) is 1.77. The van der Waals surface area contributed by atoms with Gasteiger partial charge in [0.15, 0.2) is 0 Å². The van der Waals surface area contributed by atoms with Crippen LogP contribution < -0.4 is 0 Å². The molecule has 3 nitrogen and oxygen atoms in total. The van der Waals surface area contributed by atoms with Crippen LogP contribution in [0, 0.1) is 0 Å². The van der Waals surface area contributed by atoms with Gasteiger partial charge in [-0.15, -0.1) is 0 Å². The van der Waals surface area contributed by atoms with Gasteiger partial charge in [-0.3, -0.25) is 9.63 Å². The van der Waals surface area contributed by atoms with E-state index in [1.165, 1.54) is 14.2 Å². The summed E-state index contributed by atoms with van der Waals surface area (Å²) in [5, 5.41) is 0.759. The second-order valence-corrected chi connectivity index (χ2v) is 5.89. The second kappa shape index (κ2) is 3.58. The van der Waals surface area contributed by atoms with Gasteiger partial charge in [-0.2, -0.15) is 0 Å². The lowest BCUT2D eigenvalue weighted by Gasteiger charge is -2.40. The molecule has 0 radical (unpaired) electrons. The minimum atomic E-state index is -9.69. The number of hydrogen-bond acceptors (Lipinski definition) is 2. The Hall–Kier alpha value is -1.35. The van der Waals surface area contributed by atoms with E-state index in [9.17, 15) is 24.2 Å². The highest BCUT2D eigenvalue weighted by atomic mass is 32.5. The van der Waals surface area contributed by atoms with Crippen molar-refractivity contribution in [3.05, 3.63) is 29.8 Å². The number of carbonyl (C=O) groups is 1. The van der Waals surface area contributed by atoms with Crippen LogP contribution in [0.1, 0.15) is 10.4 Å². The van der Waals surface area contributed by atoms with E-state index in [1.54, 1.807) is 0 Å². The third-order valence-electron chi connectivity index (χ3n) is 2.11. The highest BCUT2D eigenvalue weighted by Crippen LogP contribution is 3.02. The molecule has 1 rings (SSSR count). The zero-order chi connectivity index (χ0) is 14.3. The summed E-state index contributed by atoms with van der Waals surface area (Å²) in [6.07, 6.45) is 0. The molecular formula is C9H10F5NO2S. The van der Waals surface area contributed by atoms with E-state index < -0.39 is 21.0 Å². The van der Waals surface area contributed by atoms with Gasteiger partial charge in [-0.25, -0.2) is 5.06 Å². The molecule has 0 aliphatic rings. The maximum absolute atomic E-state index is 12.4. The third-order valence-corrected chi connectivity index (χ3v) is 3.27. The first-order valence-electron chi connectivity index (χ1n) is 4.51. The van der Waals surface area contributed by atoms with Crippen molar-refractivity contribution in [1.82, 2.24) is 5.06 Å². The highest BCUT2D eigenvalue weighted by Gasteiger charge is 2.65. The van der Waals surface area contributed by atoms with Crippen molar-refractivity contribution in [2.24, 2.45) is 0 Å². The van der Waals surface area contributed by atoms with E-state index in [-0.39, 0.29) is 17.7 Å². The summed E-state index contributed by atoms with van der Waals surface area (Å²) in [6, 6.07) is 1.70. The predicted molar refractivity (Wildman–Crippen MR) is 56.9 cm³/mol. The van der Waals surface area contributed by atoms with E-state index in [1.807, 2.05) is 0 Å². The molecule has 0 saturated carbocycles. The predicted octanol–water partition coefficient (Wildman–Crippen LogP) is 3.98. The molecule has 0 fully saturated rings. The quantitative estimate of drug-likeness (QED) is 0.623. The Morgan fingerprint density at radius 1 is 1.11 bits per heavy atom. The van der Waals surface area contributed by atoms with Gasteiger partial charge < -0.3 is 0 Å². The van der Waals surface area contributed by atoms with Crippen molar-refractivity contribution in [2.75, 3.05) is 14.2 Å². The zero-order valence-electron chi connectivity index (χ0n) is 9.37. The standard InChI is InChI=1S/C9H10F5NO2S/c1-15(17-2)9(16)7-3-5-8(6-4-7)18(10,11,12,13)14/h3-6H,1-2H3. The number of hydroxylamine groups is 2. The molecule has 1 aromatic rings. The van der Waals surface area contributed by atoms with Gasteiger partial charge in [-0.05, 0) is 24.3 Å². The molecule has 0 N–H and O–H groups in total. The number of rotatable bonds is 3. The lowest BCUT2D eigenvalue weighted by molar-refractivity contribution is -0.0757. The van der Waals surface area contributed by atoms with Crippen LogP contribution in [0.5, 0.6) is 0 Å². The molecular weight excluding hydrogens is 281 g/mol. The molecule has 0 atom stereocenters. The maximum atomic E-state index is 12.4. The monoisotopic (exact) mass is 291 g/mol. The number of benzene rings is 1. The lowest BCUT2D eigenvalue weighted by atomic mass is 10.2. The Labute approximate surface area is 99.8 Å². The SMILES string of the molecule is CON(C)C(=O)c1ccc(S(F)(F)(F)(F)F)cc1. The van der Waals surface area contributed by atoms with Gasteiger partial charge >= 0.3 is 10.2 Å². The smallest absolute Gasteiger partial charge is 0.274 e. The largest absolute Gasteiger partial charge is 0.310 e. The summed E-state index contributed by atoms with van der Waals surface area (Å²) < 4.78 is 61.9. The molecule has 18 heavy (non-hydrogen) atoms. The molecule has 104 valence electrons. The molecule has 0 heterocycles. The molecule has 0 saturated heterocycles. The molecule has 0 aliphatic carbocycles. The molecule has 1 aromatic carbocycles. The average Bonchev–Trinajstić information content (AvgIpc) is 2.24. The van der Waals surface area contributed by atoms with Crippen molar-refractivity contribution >= 4 is 16.1 Å². The number of carbonyl (C=O) groups excluding carboxylic acids is 1. The van der Waals surface area contributed by atoms with Gasteiger partial charge in [0.05, 0.1) is 7.11 Å². The summed E-state index contributed by atoms with van der Waals surface area (Å²) in [5.41, 5.74) is -0.190. The van der Waals surface area contributed by atoms with Gasteiger partial charge in [0.25, 0.3) is 5.91 Å². The molecule has 0 unspecified atom stereocenters. The van der Waals surface area contributed by atoms with Gasteiger partial charge in [0, 0.05) is 12.6 Å². The first-order valence-corrected chi connectivity index (χ1v) is 6.46. The van der Waals surface area contributed by atoms with Crippen LogP contribution in [0.3, 0.4) is 0 Å². The Kier molecular flexibility index (Phi) is 2.92. The fraction of sp³-hybridized carbons (Fsp3) is 0.222. The first kappa shape index (κ1) is 14.7. The summed E-state index contributed by atoms with van der Waals surface area (Å²) in [4.78, 5) is 13.9. The van der Waals surface area contributed by atoms with Crippen LogP contribution in [0.15, 0.2) is 29.2 Å². The Morgan fingerprint density at radius 3 is 1.89 bits per heavy atom. The zero-order valence-corrected chi connectivity index (χ0v) is 10.2. The van der Waals surface area contributed by atoms with Crippen molar-refractivity contribution < 1.29 is 29.1 Å². The number of amides is 1. The lowest BCUT2D eigenvalue weighted by Crippen LogP contribution is -2.25. The molecule has 0 bridgehead atoms. The summed E-state index contributed by atoms with van der Waals surface area (Å²) in [6.45, 7) is 0. The third kappa shape index (κ3) is 3.33. The maximum Gasteiger partial charge on any atom is 0.310 e. The Bertz CT molecular complexity index is 469. The minimum Gasteiger partial charge on any atom is -0.274 e. The first-order chi connectivity index (χ1) is 7.85. The average molecular weight is 291 g/mol. The van der Waals surface area contributed by atoms with E-state index in [2.05, 4.69) is 4.84 Å². The van der Waals surface area contributed by atoms with E-state index in [4.69, 9.17) is 0 Å². The van der Waals surface area contributed by atoms with Gasteiger partial charge in [-0.1, -0.05) is 19.4 Å². The van der Waals surface area contributed by atoms with Crippen molar-refractivity contribution in [3.63, 3.8) is 0 Å². The van der Waals surface area contributed by atoms with E-state index in [0.29, 0.717) is 12.1 Å². The Balaban J connectivity index is 3.14. The number of halogens is 5. The van der Waals surface area contributed by atoms with E-state index in [0.717, 1.165) is 5.06 Å². The van der Waals surface area contributed by atoms with Gasteiger partial charge in [0.2, 0.25) is 0 Å². The highest BCUT2D eigenvalue weighted by molar-refractivity contribution is 8.45. The molecule has 0 aliphatic heterocycles. The van der Waals surface area contributed by atoms with Gasteiger partial charge in [0.1, 0.15) is 4.90 Å². The summed E-state index contributed by atoms with van der Waals surface area (Å²) in [7, 11) is -7.27. The van der Waals surface area contributed by atoms with Crippen LogP contribution in [0.4, 0.5) is 19.4 Å².